The van der Waals surface area contributed by atoms with Crippen LogP contribution in [0.5, 0.6) is 51.7 Å². The molecule has 0 saturated heterocycles. The number of hydrogen-bond donors (Lipinski definition) is 9. The van der Waals surface area contributed by atoms with E-state index in [-0.39, 0.29) is 51.7 Å². The smallest absolute Gasteiger partial charge is 0.127 e. The minimum Gasteiger partial charge on any atom is -0.508 e. The summed E-state index contributed by atoms with van der Waals surface area (Å²) < 4.78 is 0. The molecule has 0 saturated carbocycles. The highest BCUT2D eigenvalue weighted by atomic mass is 16.3. The molecule has 3 aliphatic carbocycles. The Morgan fingerprint density at radius 3 is 1.25 bits per heavy atom. The van der Waals surface area contributed by atoms with Crippen LogP contribution in [-0.4, -0.2) is 46.0 Å². The van der Waals surface area contributed by atoms with Crippen LogP contribution in [0.1, 0.15) is 80.0 Å². The Hall–Kier alpha value is -6.48. The first-order chi connectivity index (χ1) is 24.5. The van der Waals surface area contributed by atoms with Crippen LogP contribution >= 0.6 is 0 Å². The number of benzene rings is 6. The van der Waals surface area contributed by atoms with Gasteiger partial charge >= 0.3 is 0 Å². The molecule has 0 fully saturated rings. The first kappa shape index (κ1) is 30.6. The predicted molar refractivity (Wildman–Crippen MR) is 187 cm³/mol. The van der Waals surface area contributed by atoms with E-state index in [9.17, 15) is 46.0 Å². The molecule has 0 heterocycles. The largest absolute Gasteiger partial charge is 0.508 e. The van der Waals surface area contributed by atoms with Gasteiger partial charge in [0.1, 0.15) is 51.7 Å². The van der Waals surface area contributed by atoms with Gasteiger partial charge in [-0.25, -0.2) is 0 Å². The van der Waals surface area contributed by atoms with Crippen LogP contribution in [0.25, 0.3) is 11.1 Å². The Labute approximate surface area is 291 Å². The summed E-state index contributed by atoms with van der Waals surface area (Å²) in [7, 11) is 0. The van der Waals surface area contributed by atoms with E-state index < -0.39 is 35.5 Å². The maximum atomic E-state index is 12.0. The predicted octanol–water partition coefficient (Wildman–Crippen LogP) is 7.74. The average molecular weight is 681 g/mol. The molecule has 51 heavy (non-hydrogen) atoms. The van der Waals surface area contributed by atoms with Crippen molar-refractivity contribution in [2.24, 2.45) is 0 Å². The molecule has 0 amide bonds. The Kier molecular flexibility index (Phi) is 6.45. The lowest BCUT2D eigenvalue weighted by Crippen LogP contribution is -2.27. The number of hydrogen-bond acceptors (Lipinski definition) is 9. The molecule has 0 aliphatic heterocycles. The second kappa shape index (κ2) is 10.8. The number of rotatable bonds is 2. The van der Waals surface area contributed by atoms with Crippen molar-refractivity contribution in [1.82, 2.24) is 0 Å². The van der Waals surface area contributed by atoms with Crippen molar-refractivity contribution in [1.29, 1.82) is 0 Å². The zero-order chi connectivity index (χ0) is 35.5. The van der Waals surface area contributed by atoms with E-state index in [1.807, 2.05) is 0 Å². The van der Waals surface area contributed by atoms with Crippen molar-refractivity contribution < 1.29 is 46.0 Å². The SMILES string of the molecule is Oc1ccc(C2c3c(O)cc(O)cc3C3C(c4ccc(O)cc4)c4c(O)cc(O)cc4C3C3c4ccc(O)cc4-c4c(O)cc(O)cc4C23)cc1. The molecule has 6 unspecified atom stereocenters. The van der Waals surface area contributed by atoms with Crippen LogP contribution in [0.3, 0.4) is 0 Å². The van der Waals surface area contributed by atoms with Crippen LogP contribution < -0.4 is 0 Å². The highest BCUT2D eigenvalue weighted by Crippen LogP contribution is 2.72. The maximum Gasteiger partial charge on any atom is 0.127 e. The van der Waals surface area contributed by atoms with Crippen molar-refractivity contribution in [2.75, 3.05) is 0 Å². The van der Waals surface area contributed by atoms with Gasteiger partial charge in [-0.3, -0.25) is 0 Å². The molecule has 0 bridgehead atoms. The fraction of sp³-hybridized carbons (Fsp3) is 0.143. The second-order valence-electron chi connectivity index (χ2n) is 13.9. The maximum absolute atomic E-state index is 12.0. The van der Waals surface area contributed by atoms with Gasteiger partial charge in [-0.15, -0.1) is 0 Å². The first-order valence-corrected chi connectivity index (χ1v) is 16.6. The van der Waals surface area contributed by atoms with Crippen molar-refractivity contribution in [3.05, 3.63) is 148 Å². The van der Waals surface area contributed by atoms with Gasteiger partial charge < -0.3 is 46.0 Å². The van der Waals surface area contributed by atoms with Crippen molar-refractivity contribution in [3.63, 3.8) is 0 Å². The monoisotopic (exact) mass is 680 g/mol. The zero-order valence-electron chi connectivity index (χ0n) is 26.8. The third-order valence-electron chi connectivity index (χ3n) is 11.2. The lowest BCUT2D eigenvalue weighted by Gasteiger charge is -2.43. The summed E-state index contributed by atoms with van der Waals surface area (Å²) in [5.41, 5.74) is 5.83. The van der Waals surface area contributed by atoms with Gasteiger partial charge in [-0.05, 0) is 105 Å². The molecule has 6 atom stereocenters. The van der Waals surface area contributed by atoms with Gasteiger partial charge in [0.15, 0.2) is 0 Å². The fourth-order valence-electron chi connectivity index (χ4n) is 9.61. The lowest BCUT2D eigenvalue weighted by molar-refractivity contribution is 0.388. The molecule has 9 N–H and O–H groups in total. The number of phenols is 9. The van der Waals surface area contributed by atoms with E-state index >= 15 is 0 Å². The molecule has 0 aromatic heterocycles. The van der Waals surface area contributed by atoms with Crippen LogP contribution in [0, 0.1) is 0 Å². The van der Waals surface area contributed by atoms with Crippen LogP contribution in [-0.2, 0) is 0 Å². The first-order valence-electron chi connectivity index (χ1n) is 16.6. The molecule has 0 spiro atoms. The molecular formula is C42H32O9. The highest BCUT2D eigenvalue weighted by Gasteiger charge is 2.57. The summed E-state index contributed by atoms with van der Waals surface area (Å²) in [6, 6.07) is 26.8. The normalized spacial score (nSPS) is 22.4. The van der Waals surface area contributed by atoms with Gasteiger partial charge in [-0.2, -0.15) is 0 Å². The molecular weight excluding hydrogens is 648 g/mol. The zero-order valence-corrected chi connectivity index (χ0v) is 26.8. The third kappa shape index (κ3) is 4.40. The molecule has 6 aromatic rings. The van der Waals surface area contributed by atoms with Gasteiger partial charge in [0.25, 0.3) is 0 Å². The topological polar surface area (TPSA) is 182 Å². The van der Waals surface area contributed by atoms with Crippen LogP contribution in [0.4, 0.5) is 0 Å². The van der Waals surface area contributed by atoms with Gasteiger partial charge in [0.2, 0.25) is 0 Å². The summed E-state index contributed by atoms with van der Waals surface area (Å²) >= 11 is 0. The summed E-state index contributed by atoms with van der Waals surface area (Å²) in [5, 5.41) is 99.8. The summed E-state index contributed by atoms with van der Waals surface area (Å²) in [4.78, 5) is 0. The van der Waals surface area contributed by atoms with E-state index in [0.717, 1.165) is 11.1 Å². The van der Waals surface area contributed by atoms with E-state index in [2.05, 4.69) is 0 Å². The minimum atomic E-state index is -0.700. The summed E-state index contributed by atoms with van der Waals surface area (Å²) in [6.45, 7) is 0. The van der Waals surface area contributed by atoms with Gasteiger partial charge in [0.05, 0.1) is 0 Å². The molecule has 254 valence electrons. The molecule has 9 nitrogen and oxygen atoms in total. The molecule has 6 aromatic carbocycles. The molecule has 9 heteroatoms. The fourth-order valence-corrected chi connectivity index (χ4v) is 9.61. The van der Waals surface area contributed by atoms with Crippen LogP contribution in [0.15, 0.2) is 103 Å². The number of fused-ring (bicyclic) bond motifs is 12. The molecule has 9 rings (SSSR count). The minimum absolute atomic E-state index is 0.0309. The Morgan fingerprint density at radius 2 is 0.725 bits per heavy atom. The van der Waals surface area contributed by atoms with Crippen LogP contribution in [0.2, 0.25) is 0 Å². The molecule has 3 aliphatic rings. The Bertz CT molecular complexity index is 2400. The van der Waals surface area contributed by atoms with E-state index in [4.69, 9.17) is 0 Å². The lowest BCUT2D eigenvalue weighted by atomic mass is 9.60. The van der Waals surface area contributed by atoms with E-state index in [0.29, 0.717) is 44.5 Å². The van der Waals surface area contributed by atoms with Crippen molar-refractivity contribution in [3.8, 4) is 62.9 Å². The Morgan fingerprint density at radius 1 is 0.314 bits per heavy atom. The quantitative estimate of drug-likeness (QED) is 0.0883. The molecule has 0 radical (unpaired) electrons. The Balaban J connectivity index is 1.48. The number of phenolic OH excluding ortho intramolecular Hbond substituents is 9. The second-order valence-corrected chi connectivity index (χ2v) is 13.9. The summed E-state index contributed by atoms with van der Waals surface area (Å²) in [6.07, 6.45) is 0. The van der Waals surface area contributed by atoms with Gasteiger partial charge in [-0.1, -0.05) is 30.3 Å². The highest BCUT2D eigenvalue weighted by molar-refractivity contribution is 5.84. The van der Waals surface area contributed by atoms with E-state index in [1.54, 1.807) is 84.9 Å². The average Bonchev–Trinajstić information content (AvgIpc) is 3.34. The standard InChI is InChI=1S/C42H32O9/c43-20-5-1-18(2-6-20)34-37-29(13-24(47)16-32(37)50)41-35(19-3-7-21(44)8-4-19)38-30(14-25(48)17-33(38)51)42(41)39-26-10-9-22(45)11-27(26)36-28(40(34)39)12-23(46)15-31(36)49/h1-17,34-35,39-51H. The van der Waals surface area contributed by atoms with Crippen molar-refractivity contribution >= 4 is 0 Å². The summed E-state index contributed by atoms with van der Waals surface area (Å²) in [5.74, 6) is -4.77. The third-order valence-corrected chi connectivity index (χ3v) is 11.2. The number of aromatic hydroxyl groups is 9. The van der Waals surface area contributed by atoms with Crippen molar-refractivity contribution in [2.45, 2.75) is 35.5 Å². The van der Waals surface area contributed by atoms with E-state index in [1.165, 1.54) is 18.2 Å². The van der Waals surface area contributed by atoms with Gasteiger partial charge in [0, 0.05) is 58.6 Å².